The van der Waals surface area contributed by atoms with Crippen LogP contribution in [-0.2, 0) is 23.4 Å². The molecule has 3 heterocycles. The predicted molar refractivity (Wildman–Crippen MR) is 133 cm³/mol. The van der Waals surface area contributed by atoms with Crippen molar-refractivity contribution in [3.63, 3.8) is 0 Å². The van der Waals surface area contributed by atoms with Crippen LogP contribution < -0.4 is 5.32 Å². The lowest BCUT2D eigenvalue weighted by Crippen LogP contribution is -2.29. The number of nitrogens with one attached hydrogen (secondary N) is 2. The van der Waals surface area contributed by atoms with Crippen molar-refractivity contribution in [2.24, 2.45) is 7.05 Å². The van der Waals surface area contributed by atoms with E-state index >= 15 is 4.39 Å². The number of hydrogen-bond donors (Lipinski definition) is 2. The van der Waals surface area contributed by atoms with Gasteiger partial charge in [0.25, 0.3) is 5.91 Å². The summed E-state index contributed by atoms with van der Waals surface area (Å²) in [7, 11) is -2.40. The van der Waals surface area contributed by atoms with Crippen LogP contribution in [0.2, 0.25) is 0 Å². The van der Waals surface area contributed by atoms with Crippen LogP contribution in [0.25, 0.3) is 22.0 Å². The standard InChI is InChI=1S/C25H21F3N6O3S/c1-33-12-17(11-31-33)15-2-3-16(19(27)8-15)13-34-14-23(24-20(28)9-18(26)10-22(24)34)38(36,37)7-6-29-25(35)21-4-5-30-32-21/h2-5,8-12,14H,6-7,13H2,1H3,(H,29,35)(H,30,32). The SMILES string of the molecule is Cn1cc(-c2ccc(Cn3cc(S(=O)(=O)CCNC(=O)c4ccn[nH]4)c4c(F)cc(F)cc43)c(F)c2)cn1. The van der Waals surface area contributed by atoms with Crippen molar-refractivity contribution in [1.29, 1.82) is 0 Å². The molecule has 0 saturated carbocycles. The van der Waals surface area contributed by atoms with Gasteiger partial charge in [-0.15, -0.1) is 0 Å². The van der Waals surface area contributed by atoms with Gasteiger partial charge in [-0.25, -0.2) is 21.6 Å². The van der Waals surface area contributed by atoms with E-state index in [9.17, 15) is 22.0 Å². The summed E-state index contributed by atoms with van der Waals surface area (Å²) in [5.41, 5.74) is 1.60. The van der Waals surface area contributed by atoms with Gasteiger partial charge in [0.1, 0.15) is 23.1 Å². The molecule has 13 heteroatoms. The van der Waals surface area contributed by atoms with Gasteiger partial charge in [0.05, 0.1) is 34.3 Å². The molecule has 0 aliphatic carbocycles. The number of carbonyl (C=O) groups is 1. The molecule has 0 aliphatic heterocycles. The fourth-order valence-corrected chi connectivity index (χ4v) is 5.56. The summed E-state index contributed by atoms with van der Waals surface area (Å²) >= 11 is 0. The van der Waals surface area contributed by atoms with Gasteiger partial charge < -0.3 is 9.88 Å². The van der Waals surface area contributed by atoms with Crippen molar-refractivity contribution in [3.8, 4) is 11.1 Å². The maximum Gasteiger partial charge on any atom is 0.269 e. The fourth-order valence-electron chi connectivity index (χ4n) is 4.17. The number of carbonyl (C=O) groups excluding carboxylic acids is 1. The average molecular weight is 543 g/mol. The Hall–Kier alpha value is -4.39. The highest BCUT2D eigenvalue weighted by Crippen LogP contribution is 2.31. The molecular weight excluding hydrogens is 521 g/mol. The number of hydrogen-bond acceptors (Lipinski definition) is 5. The molecule has 0 fully saturated rings. The average Bonchev–Trinajstić information content (AvgIpc) is 3.61. The molecule has 3 aromatic heterocycles. The molecule has 0 unspecified atom stereocenters. The Morgan fingerprint density at radius 2 is 1.87 bits per heavy atom. The maximum atomic E-state index is 15.0. The first-order valence-electron chi connectivity index (χ1n) is 11.4. The van der Waals surface area contributed by atoms with Crippen molar-refractivity contribution in [1.82, 2.24) is 29.9 Å². The Kier molecular flexibility index (Phi) is 6.53. The van der Waals surface area contributed by atoms with Gasteiger partial charge in [-0.1, -0.05) is 12.1 Å². The second kappa shape index (κ2) is 9.82. The van der Waals surface area contributed by atoms with Crippen LogP contribution in [0, 0.1) is 17.5 Å². The van der Waals surface area contributed by atoms with E-state index in [4.69, 9.17) is 0 Å². The molecule has 5 rings (SSSR count). The van der Waals surface area contributed by atoms with E-state index in [2.05, 4.69) is 20.6 Å². The van der Waals surface area contributed by atoms with Gasteiger partial charge >= 0.3 is 0 Å². The molecule has 196 valence electrons. The first-order valence-corrected chi connectivity index (χ1v) is 13.0. The highest BCUT2D eigenvalue weighted by atomic mass is 32.2. The van der Waals surface area contributed by atoms with Crippen LogP contribution in [0.1, 0.15) is 16.1 Å². The summed E-state index contributed by atoms with van der Waals surface area (Å²) in [6.45, 7) is -0.440. The number of aromatic amines is 1. The Balaban J connectivity index is 1.45. The molecule has 0 bridgehead atoms. The topological polar surface area (TPSA) is 115 Å². The quantitative estimate of drug-likeness (QED) is 0.312. The van der Waals surface area contributed by atoms with Crippen molar-refractivity contribution >= 4 is 26.6 Å². The number of aromatic nitrogens is 5. The summed E-state index contributed by atoms with van der Waals surface area (Å²) < 4.78 is 73.2. The largest absolute Gasteiger partial charge is 0.350 e. The molecule has 5 aromatic rings. The van der Waals surface area contributed by atoms with E-state index in [1.165, 1.54) is 29.0 Å². The lowest BCUT2D eigenvalue weighted by Gasteiger charge is -2.08. The molecule has 38 heavy (non-hydrogen) atoms. The molecular formula is C25H21F3N6O3S. The summed E-state index contributed by atoms with van der Waals surface area (Å²) in [4.78, 5) is 11.7. The smallest absolute Gasteiger partial charge is 0.269 e. The van der Waals surface area contributed by atoms with Crippen molar-refractivity contribution < 1.29 is 26.4 Å². The minimum absolute atomic E-state index is 0.0432. The van der Waals surface area contributed by atoms with E-state index < -0.39 is 38.9 Å². The minimum atomic E-state index is -4.14. The van der Waals surface area contributed by atoms with Crippen LogP contribution in [-0.4, -0.2) is 51.2 Å². The molecule has 0 spiro atoms. The van der Waals surface area contributed by atoms with Gasteiger partial charge in [0, 0.05) is 49.4 Å². The first-order chi connectivity index (χ1) is 18.1. The lowest BCUT2D eigenvalue weighted by molar-refractivity contribution is 0.0951. The summed E-state index contributed by atoms with van der Waals surface area (Å²) in [6, 6.07) is 7.54. The number of halogens is 3. The van der Waals surface area contributed by atoms with Gasteiger partial charge in [-0.2, -0.15) is 10.2 Å². The molecule has 0 aliphatic rings. The Labute approximate surface area is 214 Å². The van der Waals surface area contributed by atoms with E-state index in [-0.39, 0.29) is 40.1 Å². The number of fused-ring (bicyclic) bond motifs is 1. The Bertz CT molecular complexity index is 1760. The maximum absolute atomic E-state index is 15.0. The zero-order valence-electron chi connectivity index (χ0n) is 20.0. The van der Waals surface area contributed by atoms with E-state index in [1.807, 2.05) is 0 Å². The lowest BCUT2D eigenvalue weighted by atomic mass is 10.1. The molecule has 2 aromatic carbocycles. The van der Waals surface area contributed by atoms with Crippen LogP contribution in [0.5, 0.6) is 0 Å². The minimum Gasteiger partial charge on any atom is -0.350 e. The van der Waals surface area contributed by atoms with Crippen LogP contribution in [0.4, 0.5) is 13.2 Å². The predicted octanol–water partition coefficient (Wildman–Crippen LogP) is 3.43. The zero-order chi connectivity index (χ0) is 27.0. The van der Waals surface area contributed by atoms with E-state index in [0.717, 1.165) is 12.3 Å². The molecule has 0 saturated heterocycles. The zero-order valence-corrected chi connectivity index (χ0v) is 20.8. The third-order valence-electron chi connectivity index (χ3n) is 6.03. The van der Waals surface area contributed by atoms with Crippen molar-refractivity contribution in [3.05, 3.63) is 89.9 Å². The third kappa shape index (κ3) is 4.92. The van der Waals surface area contributed by atoms with Crippen LogP contribution in [0.3, 0.4) is 0 Å². The Morgan fingerprint density at radius 3 is 2.55 bits per heavy atom. The molecule has 1 amide bonds. The second-order valence-electron chi connectivity index (χ2n) is 8.66. The molecule has 2 N–H and O–H groups in total. The number of amides is 1. The van der Waals surface area contributed by atoms with E-state index in [1.54, 1.807) is 30.2 Å². The summed E-state index contributed by atoms with van der Waals surface area (Å²) in [5.74, 6) is -3.64. The Morgan fingerprint density at radius 1 is 1.05 bits per heavy atom. The van der Waals surface area contributed by atoms with Crippen molar-refractivity contribution in [2.75, 3.05) is 12.3 Å². The van der Waals surface area contributed by atoms with Gasteiger partial charge in [0.2, 0.25) is 0 Å². The highest BCUT2D eigenvalue weighted by Gasteiger charge is 2.25. The second-order valence-corrected chi connectivity index (χ2v) is 10.7. The first kappa shape index (κ1) is 25.3. The van der Waals surface area contributed by atoms with Crippen LogP contribution >= 0.6 is 0 Å². The summed E-state index contributed by atoms with van der Waals surface area (Å²) in [6.07, 6.45) is 5.85. The fraction of sp³-hybridized carbons (Fsp3) is 0.160. The van der Waals surface area contributed by atoms with Gasteiger partial charge in [-0.3, -0.25) is 14.6 Å². The molecule has 0 atom stereocenters. The number of rotatable bonds is 8. The van der Waals surface area contributed by atoms with Crippen LogP contribution in [0.15, 0.2) is 66.1 Å². The number of benzene rings is 2. The highest BCUT2D eigenvalue weighted by molar-refractivity contribution is 7.91. The monoisotopic (exact) mass is 542 g/mol. The van der Waals surface area contributed by atoms with E-state index in [0.29, 0.717) is 17.2 Å². The molecule has 9 nitrogen and oxygen atoms in total. The van der Waals surface area contributed by atoms with Gasteiger partial charge in [-0.05, 0) is 23.8 Å². The number of H-pyrrole nitrogens is 1. The van der Waals surface area contributed by atoms with Crippen molar-refractivity contribution in [2.45, 2.75) is 11.4 Å². The summed E-state index contributed by atoms with van der Waals surface area (Å²) in [5, 5.41) is 12.3. The van der Waals surface area contributed by atoms with Gasteiger partial charge in [0.15, 0.2) is 9.84 Å². The third-order valence-corrected chi connectivity index (χ3v) is 7.75. The normalized spacial score (nSPS) is 11.8. The number of aryl methyl sites for hydroxylation is 1. The molecule has 0 radical (unpaired) electrons. The number of sulfone groups is 1. The number of nitrogens with zero attached hydrogens (tertiary/aromatic N) is 4.